The number of rotatable bonds is 4. The average molecular weight is 302 g/mol. The molecule has 1 rings (SSSR count). The van der Waals surface area contributed by atoms with Crippen molar-refractivity contribution in [2.75, 3.05) is 13.7 Å². The lowest BCUT2D eigenvalue weighted by Gasteiger charge is -2.23. The minimum Gasteiger partial charge on any atom is -0.481 e. The summed E-state index contributed by atoms with van der Waals surface area (Å²) in [6.45, 7) is 5.53. The van der Waals surface area contributed by atoms with E-state index in [2.05, 4.69) is 10.3 Å². The van der Waals surface area contributed by atoms with Crippen LogP contribution in [0.1, 0.15) is 32.4 Å². The van der Waals surface area contributed by atoms with Gasteiger partial charge in [0.05, 0.1) is 18.2 Å². The molecule has 1 aromatic rings. The number of ether oxygens (including phenoxy) is 2. The zero-order chi connectivity index (χ0) is 15.3. The van der Waals surface area contributed by atoms with Crippen LogP contribution in [0.2, 0.25) is 5.02 Å². The molecular weight excluding hydrogens is 282 g/mol. The quantitative estimate of drug-likeness (QED) is 0.891. The van der Waals surface area contributed by atoms with Crippen molar-refractivity contribution in [1.82, 2.24) is 10.3 Å². The molecule has 3 N–H and O–H groups in total. The van der Waals surface area contributed by atoms with Crippen LogP contribution >= 0.6 is 11.6 Å². The Morgan fingerprint density at radius 1 is 1.55 bits per heavy atom. The van der Waals surface area contributed by atoms with Crippen molar-refractivity contribution >= 4 is 17.7 Å². The number of nitrogens with two attached hydrogens (primary N) is 1. The maximum absolute atomic E-state index is 11.8. The highest BCUT2D eigenvalue weighted by Gasteiger charge is 2.21. The zero-order valence-electron chi connectivity index (χ0n) is 12.1. The number of halogens is 1. The highest BCUT2D eigenvalue weighted by molar-refractivity contribution is 6.31. The molecule has 0 aliphatic carbocycles. The molecule has 1 aromatic heterocycles. The zero-order valence-corrected chi connectivity index (χ0v) is 12.8. The molecule has 20 heavy (non-hydrogen) atoms. The van der Waals surface area contributed by atoms with Crippen molar-refractivity contribution in [2.45, 2.75) is 32.4 Å². The van der Waals surface area contributed by atoms with E-state index in [-0.39, 0.29) is 6.54 Å². The number of carbonyl (C=O) groups excluding carboxylic acids is 1. The first-order chi connectivity index (χ1) is 9.26. The second kappa shape index (κ2) is 6.76. The Labute approximate surface area is 123 Å². The van der Waals surface area contributed by atoms with Gasteiger partial charge in [-0.3, -0.25) is 0 Å². The molecule has 1 amide bonds. The fraction of sp³-hybridized carbons (Fsp3) is 0.538. The van der Waals surface area contributed by atoms with E-state index in [9.17, 15) is 4.79 Å². The Morgan fingerprint density at radius 2 is 2.20 bits per heavy atom. The van der Waals surface area contributed by atoms with Gasteiger partial charge in [-0.15, -0.1) is 0 Å². The summed E-state index contributed by atoms with van der Waals surface area (Å²) in [6.07, 6.45) is 0.898. The SMILES string of the molecule is COc1cc(C(CN)NC(=O)OC(C)(C)C)c(Cl)cn1. The van der Waals surface area contributed by atoms with Gasteiger partial charge in [-0.1, -0.05) is 11.6 Å². The molecule has 0 saturated heterocycles. The van der Waals surface area contributed by atoms with Crippen LogP contribution in [-0.2, 0) is 4.74 Å². The molecule has 1 heterocycles. The highest BCUT2D eigenvalue weighted by atomic mass is 35.5. The van der Waals surface area contributed by atoms with E-state index in [1.807, 2.05) is 0 Å². The minimum atomic E-state index is -0.580. The Bertz CT molecular complexity index is 474. The average Bonchev–Trinajstić information content (AvgIpc) is 2.34. The van der Waals surface area contributed by atoms with Crippen molar-refractivity contribution in [3.63, 3.8) is 0 Å². The van der Waals surface area contributed by atoms with Crippen LogP contribution in [0, 0.1) is 0 Å². The first-order valence-corrected chi connectivity index (χ1v) is 6.53. The van der Waals surface area contributed by atoms with Gasteiger partial charge >= 0.3 is 6.09 Å². The van der Waals surface area contributed by atoms with Gasteiger partial charge in [0, 0.05) is 24.4 Å². The topological polar surface area (TPSA) is 86.5 Å². The summed E-state index contributed by atoms with van der Waals surface area (Å²) in [6, 6.07) is 1.16. The van der Waals surface area contributed by atoms with E-state index in [1.54, 1.807) is 26.8 Å². The van der Waals surface area contributed by atoms with Gasteiger partial charge < -0.3 is 20.5 Å². The number of pyridine rings is 1. The summed E-state index contributed by atoms with van der Waals surface area (Å²) in [5.41, 5.74) is 5.74. The van der Waals surface area contributed by atoms with Gasteiger partial charge in [-0.2, -0.15) is 0 Å². The van der Waals surface area contributed by atoms with E-state index >= 15 is 0 Å². The van der Waals surface area contributed by atoms with Crippen LogP contribution in [0.15, 0.2) is 12.3 Å². The molecule has 0 aliphatic heterocycles. The first kappa shape index (κ1) is 16.5. The summed E-state index contributed by atoms with van der Waals surface area (Å²) in [7, 11) is 1.50. The molecule has 0 aromatic carbocycles. The monoisotopic (exact) mass is 301 g/mol. The molecule has 7 heteroatoms. The molecular formula is C13H20ClN3O3. The van der Waals surface area contributed by atoms with Crippen molar-refractivity contribution < 1.29 is 14.3 Å². The van der Waals surface area contributed by atoms with Crippen LogP contribution in [0.25, 0.3) is 0 Å². The predicted octanol–water partition coefficient (Wildman–Crippen LogP) is 2.27. The van der Waals surface area contributed by atoms with Gasteiger partial charge in [0.25, 0.3) is 0 Å². The molecule has 0 saturated carbocycles. The van der Waals surface area contributed by atoms with Crippen molar-refractivity contribution in [1.29, 1.82) is 0 Å². The van der Waals surface area contributed by atoms with E-state index in [1.165, 1.54) is 13.3 Å². The van der Waals surface area contributed by atoms with Crippen LogP contribution in [0.5, 0.6) is 5.88 Å². The number of alkyl carbamates (subject to hydrolysis) is 1. The maximum atomic E-state index is 11.8. The summed E-state index contributed by atoms with van der Waals surface area (Å²) in [5.74, 6) is 0.397. The Hall–Kier alpha value is -1.53. The van der Waals surface area contributed by atoms with E-state index < -0.39 is 17.7 Å². The van der Waals surface area contributed by atoms with Crippen LogP contribution in [-0.4, -0.2) is 30.3 Å². The lowest BCUT2D eigenvalue weighted by atomic mass is 10.1. The highest BCUT2D eigenvalue weighted by Crippen LogP contribution is 2.25. The Balaban J connectivity index is 2.88. The van der Waals surface area contributed by atoms with Gasteiger partial charge in [0.15, 0.2) is 0 Å². The van der Waals surface area contributed by atoms with E-state index in [0.29, 0.717) is 16.5 Å². The van der Waals surface area contributed by atoms with Crippen molar-refractivity contribution in [2.24, 2.45) is 5.73 Å². The number of carbonyl (C=O) groups is 1. The molecule has 0 spiro atoms. The van der Waals surface area contributed by atoms with E-state index in [4.69, 9.17) is 26.8 Å². The third-order valence-electron chi connectivity index (χ3n) is 2.37. The number of hydrogen-bond donors (Lipinski definition) is 2. The molecule has 0 bridgehead atoms. The lowest BCUT2D eigenvalue weighted by molar-refractivity contribution is 0.0505. The predicted molar refractivity (Wildman–Crippen MR) is 77.0 cm³/mol. The number of nitrogens with zero attached hydrogens (tertiary/aromatic N) is 1. The molecule has 0 radical (unpaired) electrons. The number of hydrogen-bond acceptors (Lipinski definition) is 5. The third kappa shape index (κ3) is 4.86. The molecule has 6 nitrogen and oxygen atoms in total. The molecule has 0 aliphatic rings. The fourth-order valence-corrected chi connectivity index (χ4v) is 1.76. The second-order valence-electron chi connectivity index (χ2n) is 5.18. The summed E-state index contributed by atoms with van der Waals surface area (Å²) in [5, 5.41) is 3.08. The van der Waals surface area contributed by atoms with Crippen LogP contribution in [0.3, 0.4) is 0 Å². The van der Waals surface area contributed by atoms with Crippen molar-refractivity contribution in [3.8, 4) is 5.88 Å². The Morgan fingerprint density at radius 3 is 2.70 bits per heavy atom. The van der Waals surface area contributed by atoms with Gasteiger partial charge in [-0.25, -0.2) is 9.78 Å². The lowest BCUT2D eigenvalue weighted by Crippen LogP contribution is -2.37. The fourth-order valence-electron chi connectivity index (χ4n) is 1.53. The number of nitrogens with one attached hydrogen (secondary N) is 1. The smallest absolute Gasteiger partial charge is 0.408 e. The Kier molecular flexibility index (Phi) is 5.59. The molecule has 1 atom stereocenters. The van der Waals surface area contributed by atoms with Gasteiger partial charge in [-0.05, 0) is 20.8 Å². The number of amides is 1. The minimum absolute atomic E-state index is 0.173. The van der Waals surface area contributed by atoms with Crippen molar-refractivity contribution in [3.05, 3.63) is 22.8 Å². The maximum Gasteiger partial charge on any atom is 0.408 e. The van der Waals surface area contributed by atoms with Gasteiger partial charge in [0.2, 0.25) is 5.88 Å². The molecule has 112 valence electrons. The summed E-state index contributed by atoms with van der Waals surface area (Å²) >= 11 is 6.08. The largest absolute Gasteiger partial charge is 0.481 e. The number of aromatic nitrogens is 1. The normalized spacial score (nSPS) is 12.7. The van der Waals surface area contributed by atoms with E-state index in [0.717, 1.165) is 0 Å². The standard InChI is InChI=1S/C13H20ClN3O3/c1-13(2,3)20-12(18)17-10(6-15)8-5-11(19-4)16-7-9(8)14/h5,7,10H,6,15H2,1-4H3,(H,17,18). The van der Waals surface area contributed by atoms with Crippen LogP contribution in [0.4, 0.5) is 4.79 Å². The number of methoxy groups -OCH3 is 1. The first-order valence-electron chi connectivity index (χ1n) is 6.16. The summed E-state index contributed by atoms with van der Waals surface area (Å²) in [4.78, 5) is 15.8. The second-order valence-corrected chi connectivity index (χ2v) is 5.59. The van der Waals surface area contributed by atoms with Gasteiger partial charge in [0.1, 0.15) is 5.60 Å². The van der Waals surface area contributed by atoms with Crippen LogP contribution < -0.4 is 15.8 Å². The molecule has 0 fully saturated rings. The third-order valence-corrected chi connectivity index (χ3v) is 2.69. The summed E-state index contributed by atoms with van der Waals surface area (Å²) < 4.78 is 10.2. The molecule has 1 unspecified atom stereocenters.